The number of thiophene rings is 1. The largest absolute Gasteiger partial charge is 0.467 e. The number of amides is 1. The SMILES string of the molecule is CC[C@@H](C)[C@@H](NC(=O)Cn1cnc2sc3c(c2c1=O)CCC3)C(=O)OC. The highest BCUT2D eigenvalue weighted by molar-refractivity contribution is 7.18. The van der Waals surface area contributed by atoms with Crippen LogP contribution in [-0.4, -0.2) is 34.6 Å². The quantitative estimate of drug-likeness (QED) is 0.773. The lowest BCUT2D eigenvalue weighted by atomic mass is 9.99. The van der Waals surface area contributed by atoms with Crippen molar-refractivity contribution in [1.82, 2.24) is 14.9 Å². The molecule has 0 unspecified atom stereocenters. The molecular formula is C18H23N3O4S. The van der Waals surface area contributed by atoms with E-state index in [1.807, 2.05) is 13.8 Å². The van der Waals surface area contributed by atoms with Gasteiger partial charge in [0.1, 0.15) is 17.4 Å². The normalized spacial score (nSPS) is 15.5. The van der Waals surface area contributed by atoms with Crippen molar-refractivity contribution in [3.8, 4) is 0 Å². The van der Waals surface area contributed by atoms with E-state index in [1.165, 1.54) is 22.9 Å². The lowest BCUT2D eigenvalue weighted by Gasteiger charge is -2.22. The van der Waals surface area contributed by atoms with Gasteiger partial charge in [-0.1, -0.05) is 20.3 Å². The Bertz CT molecular complexity index is 902. The third kappa shape index (κ3) is 3.38. The van der Waals surface area contributed by atoms with Crippen LogP contribution >= 0.6 is 11.3 Å². The number of rotatable bonds is 6. The number of ether oxygens (including phenoxy) is 1. The molecule has 0 aromatic carbocycles. The van der Waals surface area contributed by atoms with Gasteiger partial charge in [0.15, 0.2) is 0 Å². The smallest absolute Gasteiger partial charge is 0.328 e. The van der Waals surface area contributed by atoms with Crippen LogP contribution in [0.5, 0.6) is 0 Å². The first kappa shape index (κ1) is 18.6. The van der Waals surface area contributed by atoms with E-state index in [-0.39, 0.29) is 18.0 Å². The first-order chi connectivity index (χ1) is 12.5. The maximum absolute atomic E-state index is 12.8. The van der Waals surface area contributed by atoms with E-state index < -0.39 is 17.9 Å². The van der Waals surface area contributed by atoms with Crippen LogP contribution in [0.3, 0.4) is 0 Å². The van der Waals surface area contributed by atoms with Crippen molar-refractivity contribution in [2.24, 2.45) is 5.92 Å². The van der Waals surface area contributed by atoms with Gasteiger partial charge in [-0.05, 0) is 30.7 Å². The number of fused-ring (bicyclic) bond motifs is 3. The van der Waals surface area contributed by atoms with Crippen LogP contribution in [0.4, 0.5) is 0 Å². The number of esters is 1. The summed E-state index contributed by atoms with van der Waals surface area (Å²) in [5.41, 5.74) is 0.895. The molecule has 2 heterocycles. The lowest BCUT2D eigenvalue weighted by Crippen LogP contribution is -2.47. The van der Waals surface area contributed by atoms with Crippen LogP contribution in [0.15, 0.2) is 11.1 Å². The minimum Gasteiger partial charge on any atom is -0.467 e. The minimum absolute atomic E-state index is 0.0659. The van der Waals surface area contributed by atoms with Gasteiger partial charge >= 0.3 is 5.97 Å². The molecule has 26 heavy (non-hydrogen) atoms. The molecule has 0 radical (unpaired) electrons. The highest BCUT2D eigenvalue weighted by Gasteiger charge is 2.27. The van der Waals surface area contributed by atoms with E-state index in [9.17, 15) is 14.4 Å². The zero-order valence-corrected chi connectivity index (χ0v) is 16.0. The number of aryl methyl sites for hydroxylation is 2. The van der Waals surface area contributed by atoms with E-state index >= 15 is 0 Å². The van der Waals surface area contributed by atoms with Crippen LogP contribution in [0.25, 0.3) is 10.2 Å². The van der Waals surface area contributed by atoms with E-state index in [4.69, 9.17) is 4.74 Å². The molecule has 2 aromatic heterocycles. The number of nitrogens with one attached hydrogen (secondary N) is 1. The molecule has 0 saturated carbocycles. The summed E-state index contributed by atoms with van der Waals surface area (Å²) >= 11 is 1.57. The molecule has 0 bridgehead atoms. The fourth-order valence-corrected chi connectivity index (χ4v) is 4.52. The van der Waals surface area contributed by atoms with Gasteiger partial charge in [-0.3, -0.25) is 14.2 Å². The van der Waals surface area contributed by atoms with E-state index in [0.29, 0.717) is 11.8 Å². The molecule has 0 spiro atoms. The molecule has 0 fully saturated rings. The number of hydrogen-bond acceptors (Lipinski definition) is 6. The second-order valence-electron chi connectivity index (χ2n) is 6.67. The van der Waals surface area contributed by atoms with Crippen molar-refractivity contribution in [3.05, 3.63) is 27.1 Å². The van der Waals surface area contributed by atoms with Crippen molar-refractivity contribution < 1.29 is 14.3 Å². The Morgan fingerprint density at radius 3 is 2.88 bits per heavy atom. The Morgan fingerprint density at radius 2 is 2.19 bits per heavy atom. The molecule has 2 atom stereocenters. The third-order valence-electron chi connectivity index (χ3n) is 4.99. The first-order valence-electron chi connectivity index (χ1n) is 8.83. The minimum atomic E-state index is -0.727. The molecule has 1 N–H and O–H groups in total. The van der Waals surface area contributed by atoms with Crippen molar-refractivity contribution in [3.63, 3.8) is 0 Å². The maximum atomic E-state index is 12.8. The Hall–Kier alpha value is -2.22. The van der Waals surface area contributed by atoms with Crippen LogP contribution in [-0.2, 0) is 33.7 Å². The summed E-state index contributed by atoms with van der Waals surface area (Å²) in [6.07, 6.45) is 5.06. The topological polar surface area (TPSA) is 90.3 Å². The summed E-state index contributed by atoms with van der Waals surface area (Å²) in [6, 6.07) is -0.727. The summed E-state index contributed by atoms with van der Waals surface area (Å²) < 4.78 is 6.09. The Labute approximate surface area is 155 Å². The molecule has 0 aliphatic heterocycles. The zero-order valence-electron chi connectivity index (χ0n) is 15.2. The van der Waals surface area contributed by atoms with Gasteiger partial charge in [-0.2, -0.15) is 0 Å². The van der Waals surface area contributed by atoms with Gasteiger partial charge in [0.05, 0.1) is 18.8 Å². The predicted molar refractivity (Wildman–Crippen MR) is 99.3 cm³/mol. The van der Waals surface area contributed by atoms with Crippen LogP contribution in [0.1, 0.15) is 37.1 Å². The molecule has 1 aliphatic rings. The summed E-state index contributed by atoms with van der Waals surface area (Å²) in [6.45, 7) is 3.64. The Morgan fingerprint density at radius 1 is 1.42 bits per heavy atom. The monoisotopic (exact) mass is 377 g/mol. The highest BCUT2D eigenvalue weighted by atomic mass is 32.1. The number of hydrogen-bond donors (Lipinski definition) is 1. The maximum Gasteiger partial charge on any atom is 0.328 e. The van der Waals surface area contributed by atoms with Gasteiger partial charge in [0, 0.05) is 4.88 Å². The fraction of sp³-hybridized carbons (Fsp3) is 0.556. The average Bonchev–Trinajstić information content (AvgIpc) is 3.21. The van der Waals surface area contributed by atoms with Crippen LogP contribution in [0.2, 0.25) is 0 Å². The van der Waals surface area contributed by atoms with Gasteiger partial charge in [0.25, 0.3) is 5.56 Å². The Balaban J connectivity index is 1.82. The van der Waals surface area contributed by atoms with E-state index in [0.717, 1.165) is 29.7 Å². The molecule has 1 aliphatic carbocycles. The van der Waals surface area contributed by atoms with Crippen molar-refractivity contribution in [2.75, 3.05) is 7.11 Å². The first-order valence-corrected chi connectivity index (χ1v) is 9.64. The number of carbonyl (C=O) groups is 2. The fourth-order valence-electron chi connectivity index (χ4n) is 3.30. The molecule has 7 nitrogen and oxygen atoms in total. The summed E-state index contributed by atoms with van der Waals surface area (Å²) in [5, 5.41) is 3.33. The molecule has 2 aromatic rings. The van der Waals surface area contributed by atoms with Crippen molar-refractivity contribution in [1.29, 1.82) is 0 Å². The van der Waals surface area contributed by atoms with Crippen molar-refractivity contribution in [2.45, 2.75) is 52.1 Å². The standard InChI is InChI=1S/C18H23N3O4S/c1-4-10(2)15(18(24)25-3)20-13(22)8-21-9-19-16-14(17(21)23)11-6-5-7-12(11)26-16/h9-10,15H,4-8H2,1-3H3,(H,20,22)/t10-,15-/m1/s1. The zero-order chi connectivity index (χ0) is 18.8. The number of carbonyl (C=O) groups excluding carboxylic acids is 2. The second kappa shape index (κ2) is 7.57. The summed E-state index contributed by atoms with van der Waals surface area (Å²) in [7, 11) is 1.30. The van der Waals surface area contributed by atoms with Crippen LogP contribution < -0.4 is 10.9 Å². The molecule has 140 valence electrons. The third-order valence-corrected chi connectivity index (χ3v) is 6.19. The average molecular weight is 377 g/mol. The van der Waals surface area contributed by atoms with Gasteiger partial charge in [-0.15, -0.1) is 11.3 Å². The number of methoxy groups -OCH3 is 1. The number of aromatic nitrogens is 2. The molecular weight excluding hydrogens is 354 g/mol. The highest BCUT2D eigenvalue weighted by Crippen LogP contribution is 2.34. The Kier molecular flexibility index (Phi) is 5.41. The molecule has 8 heteroatoms. The van der Waals surface area contributed by atoms with E-state index in [2.05, 4.69) is 10.3 Å². The van der Waals surface area contributed by atoms with Gasteiger partial charge in [0.2, 0.25) is 5.91 Å². The van der Waals surface area contributed by atoms with E-state index in [1.54, 1.807) is 11.3 Å². The van der Waals surface area contributed by atoms with Gasteiger partial charge in [-0.25, -0.2) is 9.78 Å². The van der Waals surface area contributed by atoms with Gasteiger partial charge < -0.3 is 10.1 Å². The molecule has 1 amide bonds. The summed E-state index contributed by atoms with van der Waals surface area (Å²) in [5.74, 6) is -0.955. The molecule has 0 saturated heterocycles. The van der Waals surface area contributed by atoms with Crippen LogP contribution in [0, 0.1) is 5.92 Å². The second-order valence-corrected chi connectivity index (χ2v) is 7.75. The summed E-state index contributed by atoms with van der Waals surface area (Å²) in [4.78, 5) is 43.5. The predicted octanol–water partition coefficient (Wildman–Crippen LogP) is 1.65. The van der Waals surface area contributed by atoms with Crippen molar-refractivity contribution >= 4 is 33.4 Å². The molecule has 3 rings (SSSR count). The lowest BCUT2D eigenvalue weighted by molar-refractivity contribution is -0.146. The number of nitrogens with zero attached hydrogens (tertiary/aromatic N) is 2.